The predicted molar refractivity (Wildman–Crippen MR) is 120 cm³/mol. The van der Waals surface area contributed by atoms with Gasteiger partial charge in [0, 0.05) is 24.5 Å². The van der Waals surface area contributed by atoms with E-state index in [2.05, 4.69) is 37.6 Å². The number of nitrogens with zero attached hydrogens (tertiary/aromatic N) is 2. The van der Waals surface area contributed by atoms with Crippen molar-refractivity contribution in [2.45, 2.75) is 59.4 Å². The highest BCUT2D eigenvalue weighted by Gasteiger charge is 2.32. The molecular weight excluding hydrogens is 370 g/mol. The zero-order chi connectivity index (χ0) is 19.2. The van der Waals surface area contributed by atoms with E-state index in [0.717, 1.165) is 19.6 Å². The lowest BCUT2D eigenvalue weighted by molar-refractivity contribution is 0.317. The quantitative estimate of drug-likeness (QED) is 0.692. The van der Waals surface area contributed by atoms with Gasteiger partial charge in [0.05, 0.1) is 15.4 Å². The van der Waals surface area contributed by atoms with Crippen LogP contribution in [0.25, 0.3) is 15.3 Å². The van der Waals surface area contributed by atoms with Gasteiger partial charge in [-0.15, -0.1) is 11.3 Å². The van der Waals surface area contributed by atoms with Crippen molar-refractivity contribution in [2.24, 2.45) is 5.41 Å². The molecule has 3 heterocycles. The molecule has 2 aromatic rings. The smallest absolute Gasteiger partial charge is 0.186 e. The summed E-state index contributed by atoms with van der Waals surface area (Å²) >= 11 is 3.89. The number of rotatable bonds is 5. The van der Waals surface area contributed by atoms with Crippen LogP contribution in [-0.2, 0) is 19.4 Å². The summed E-state index contributed by atoms with van der Waals surface area (Å²) in [4.78, 5) is 11.9. The van der Waals surface area contributed by atoms with E-state index in [1.54, 1.807) is 10.4 Å². The monoisotopic (exact) mass is 401 g/mol. The van der Waals surface area contributed by atoms with Crippen molar-refractivity contribution in [1.29, 1.82) is 0 Å². The number of allylic oxidation sites excluding steroid dienone is 1. The molecule has 1 fully saturated rings. The molecule has 0 aromatic carbocycles. The van der Waals surface area contributed by atoms with Crippen molar-refractivity contribution in [3.63, 3.8) is 0 Å². The number of thiophene rings is 1. The number of thiazole rings is 1. The molecule has 2 aromatic heterocycles. The highest BCUT2D eigenvalue weighted by atomic mass is 32.1. The molecular formula is C22H31N3S2. The van der Waals surface area contributed by atoms with Crippen LogP contribution in [0.15, 0.2) is 6.58 Å². The van der Waals surface area contributed by atoms with Gasteiger partial charge in [-0.1, -0.05) is 31.8 Å². The summed E-state index contributed by atoms with van der Waals surface area (Å²) in [5.41, 5.74) is 5.76. The number of aromatic nitrogens is 1. The van der Waals surface area contributed by atoms with Crippen molar-refractivity contribution in [3.8, 4) is 9.75 Å². The highest BCUT2D eigenvalue weighted by molar-refractivity contribution is 7.24. The number of anilines is 1. The molecule has 3 nitrogen and oxygen atoms in total. The van der Waals surface area contributed by atoms with Crippen molar-refractivity contribution in [2.75, 3.05) is 25.0 Å². The fourth-order valence-corrected chi connectivity index (χ4v) is 7.07. The Kier molecular flexibility index (Phi) is 5.21. The van der Waals surface area contributed by atoms with Crippen LogP contribution in [0.2, 0.25) is 0 Å². The zero-order valence-corrected chi connectivity index (χ0v) is 18.7. The van der Waals surface area contributed by atoms with Crippen LogP contribution < -0.4 is 10.2 Å². The number of fused-ring (bicyclic) bond motifs is 1. The molecule has 1 saturated heterocycles. The van der Waals surface area contributed by atoms with Gasteiger partial charge < -0.3 is 10.2 Å². The summed E-state index contributed by atoms with van der Waals surface area (Å²) in [6, 6.07) is 0. The van der Waals surface area contributed by atoms with Crippen molar-refractivity contribution < 1.29 is 0 Å². The van der Waals surface area contributed by atoms with Gasteiger partial charge in [-0.3, -0.25) is 0 Å². The Labute approximate surface area is 171 Å². The first-order valence-corrected chi connectivity index (χ1v) is 11.7. The zero-order valence-electron chi connectivity index (χ0n) is 17.1. The van der Waals surface area contributed by atoms with Crippen LogP contribution >= 0.6 is 22.7 Å². The van der Waals surface area contributed by atoms with Crippen LogP contribution in [0.1, 0.15) is 61.7 Å². The molecule has 146 valence electrons. The molecule has 27 heavy (non-hydrogen) atoms. The molecule has 0 amide bonds. The van der Waals surface area contributed by atoms with Gasteiger partial charge in [0.1, 0.15) is 0 Å². The van der Waals surface area contributed by atoms with E-state index in [0.29, 0.717) is 5.41 Å². The molecule has 4 rings (SSSR count). The lowest BCUT2D eigenvalue weighted by atomic mass is 9.75. The van der Waals surface area contributed by atoms with Crippen LogP contribution in [0, 0.1) is 5.41 Å². The maximum absolute atomic E-state index is 5.05. The number of nitrogens with one attached hydrogen (secondary N) is 1. The minimum absolute atomic E-state index is 0.387. The Morgan fingerprint density at radius 2 is 1.96 bits per heavy atom. The van der Waals surface area contributed by atoms with E-state index in [1.165, 1.54) is 63.8 Å². The van der Waals surface area contributed by atoms with Gasteiger partial charge in [0.25, 0.3) is 0 Å². The first kappa shape index (κ1) is 19.2. The molecule has 0 radical (unpaired) electrons. The number of aryl methyl sites for hydroxylation is 1. The first-order chi connectivity index (χ1) is 12.9. The van der Waals surface area contributed by atoms with Crippen molar-refractivity contribution >= 4 is 33.4 Å². The van der Waals surface area contributed by atoms with Gasteiger partial charge in [-0.25, -0.2) is 4.98 Å². The minimum Gasteiger partial charge on any atom is -0.348 e. The molecule has 0 atom stereocenters. The average molecular weight is 402 g/mol. The lowest BCUT2D eigenvalue weighted by Gasteiger charge is -2.30. The number of hydrogen-bond acceptors (Lipinski definition) is 5. The normalized spacial score (nSPS) is 18.7. The molecule has 0 bridgehead atoms. The van der Waals surface area contributed by atoms with E-state index in [-0.39, 0.29) is 0 Å². The van der Waals surface area contributed by atoms with E-state index < -0.39 is 0 Å². The fraction of sp³-hybridized carbons (Fsp3) is 0.591. The van der Waals surface area contributed by atoms with E-state index >= 15 is 0 Å². The number of hydrogen-bond donors (Lipinski definition) is 1. The second-order valence-electron chi connectivity index (χ2n) is 8.83. The summed E-state index contributed by atoms with van der Waals surface area (Å²) in [5.74, 6) is 0. The second-order valence-corrected chi connectivity index (χ2v) is 10.9. The van der Waals surface area contributed by atoms with Crippen LogP contribution in [0.4, 0.5) is 5.13 Å². The molecule has 1 aliphatic carbocycles. The third kappa shape index (κ3) is 3.62. The second kappa shape index (κ2) is 7.34. The third-order valence-corrected chi connectivity index (χ3v) is 8.43. The summed E-state index contributed by atoms with van der Waals surface area (Å²) in [5, 5.41) is 4.53. The lowest BCUT2D eigenvalue weighted by Crippen LogP contribution is -2.21. The molecule has 5 heteroatoms. The van der Waals surface area contributed by atoms with Crippen LogP contribution in [-0.4, -0.2) is 25.1 Å². The van der Waals surface area contributed by atoms with Crippen molar-refractivity contribution in [1.82, 2.24) is 10.3 Å². The Hall–Kier alpha value is -1.17. The summed E-state index contributed by atoms with van der Waals surface area (Å²) in [7, 11) is 2.01. The largest absolute Gasteiger partial charge is 0.348 e. The summed E-state index contributed by atoms with van der Waals surface area (Å²) < 4.78 is 0. The van der Waals surface area contributed by atoms with Gasteiger partial charge in [0.15, 0.2) is 5.13 Å². The first-order valence-electron chi connectivity index (χ1n) is 10.1. The Morgan fingerprint density at radius 3 is 2.63 bits per heavy atom. The van der Waals surface area contributed by atoms with Gasteiger partial charge >= 0.3 is 0 Å². The molecule has 0 saturated carbocycles. The molecule has 0 spiro atoms. The fourth-order valence-electron chi connectivity index (χ4n) is 4.38. The Morgan fingerprint density at radius 1 is 1.22 bits per heavy atom. The van der Waals surface area contributed by atoms with Gasteiger partial charge in [0.2, 0.25) is 0 Å². The van der Waals surface area contributed by atoms with E-state index in [4.69, 9.17) is 4.98 Å². The maximum atomic E-state index is 5.05. The van der Waals surface area contributed by atoms with Gasteiger partial charge in [-0.2, -0.15) is 0 Å². The molecule has 1 N–H and O–H groups in total. The Bertz CT molecular complexity index is 853. The van der Waals surface area contributed by atoms with E-state index in [1.807, 2.05) is 29.7 Å². The topological polar surface area (TPSA) is 28.2 Å². The van der Waals surface area contributed by atoms with Gasteiger partial charge in [-0.05, 0) is 68.2 Å². The van der Waals surface area contributed by atoms with Crippen LogP contribution in [0.3, 0.4) is 0 Å². The summed E-state index contributed by atoms with van der Waals surface area (Å²) in [6.07, 6.45) is 6.22. The highest BCUT2D eigenvalue weighted by Crippen LogP contribution is 2.49. The average Bonchev–Trinajstić information content (AvgIpc) is 3.31. The SMILES string of the molecule is C=C(C)c1c(-c2sc(N3CCCC3)nc2CNC)sc2c1CC(C)(C)CC2. The standard InChI is InChI=1S/C22H31N3S2/c1-14(2)18-15-12-22(3,4)9-8-17(15)26-20(18)19-16(13-23-5)24-21(27-19)25-10-6-7-11-25/h23H,1,6-13H2,2-5H3. The molecule has 1 aliphatic heterocycles. The predicted octanol–water partition coefficient (Wildman–Crippen LogP) is 5.74. The van der Waals surface area contributed by atoms with E-state index in [9.17, 15) is 0 Å². The maximum Gasteiger partial charge on any atom is 0.186 e. The van der Waals surface area contributed by atoms with Crippen LogP contribution in [0.5, 0.6) is 0 Å². The third-order valence-electron chi connectivity index (χ3n) is 5.81. The Balaban J connectivity index is 1.83. The summed E-state index contributed by atoms with van der Waals surface area (Å²) in [6.45, 7) is 14.5. The minimum atomic E-state index is 0.387. The molecule has 2 aliphatic rings. The molecule has 0 unspecified atom stereocenters. The van der Waals surface area contributed by atoms with Crippen molar-refractivity contribution in [3.05, 3.63) is 28.3 Å².